The van der Waals surface area contributed by atoms with Gasteiger partial charge in [-0.3, -0.25) is 4.79 Å². The number of carbonyl (C=O) groups is 1. The number of carbonyl (C=O) groups excluding carboxylic acids is 1. The number of piperidine rings is 1. The van der Waals surface area contributed by atoms with Gasteiger partial charge in [0.15, 0.2) is 0 Å². The van der Waals surface area contributed by atoms with Crippen LogP contribution in [0.1, 0.15) is 46.0 Å². The Balaban J connectivity index is 2.04. The minimum atomic E-state index is -0.208. The van der Waals surface area contributed by atoms with E-state index in [2.05, 4.69) is 18.7 Å². The van der Waals surface area contributed by atoms with Gasteiger partial charge in [-0.15, -0.1) is 0 Å². The summed E-state index contributed by atoms with van der Waals surface area (Å²) in [6, 6.07) is 0. The maximum atomic E-state index is 12.7. The molecule has 1 amide bonds. The van der Waals surface area contributed by atoms with Gasteiger partial charge in [0, 0.05) is 19.6 Å². The van der Waals surface area contributed by atoms with E-state index in [1.165, 1.54) is 12.8 Å². The second-order valence-electron chi connectivity index (χ2n) is 6.19. The van der Waals surface area contributed by atoms with Gasteiger partial charge in [0.25, 0.3) is 0 Å². The van der Waals surface area contributed by atoms with E-state index in [0.29, 0.717) is 18.4 Å². The summed E-state index contributed by atoms with van der Waals surface area (Å²) in [5.41, 5.74) is 5.68. The lowest BCUT2D eigenvalue weighted by Crippen LogP contribution is -2.51. The Bertz CT molecular complexity index is 284. The molecule has 0 bridgehead atoms. The number of nitrogens with two attached hydrogens (primary N) is 1. The molecular formula is C14H26N2O. The molecule has 0 aromatic carbocycles. The van der Waals surface area contributed by atoms with Crippen molar-refractivity contribution in [3.63, 3.8) is 0 Å². The number of likely N-dealkylation sites (tertiary alicyclic amines) is 1. The van der Waals surface area contributed by atoms with Crippen LogP contribution in [0.5, 0.6) is 0 Å². The lowest BCUT2D eigenvalue weighted by atomic mass is 9.82. The molecule has 2 atom stereocenters. The van der Waals surface area contributed by atoms with Crippen molar-refractivity contribution < 1.29 is 4.79 Å². The third-order valence-corrected chi connectivity index (χ3v) is 5.03. The fraction of sp³-hybridized carbons (Fsp3) is 0.929. The first-order valence-corrected chi connectivity index (χ1v) is 7.08. The second-order valence-corrected chi connectivity index (χ2v) is 6.19. The molecule has 0 spiro atoms. The fourth-order valence-corrected chi connectivity index (χ4v) is 3.34. The number of hydrogen-bond acceptors (Lipinski definition) is 2. The molecule has 3 nitrogen and oxygen atoms in total. The van der Waals surface area contributed by atoms with Crippen LogP contribution in [0.15, 0.2) is 0 Å². The van der Waals surface area contributed by atoms with Crippen molar-refractivity contribution >= 4 is 5.91 Å². The van der Waals surface area contributed by atoms with Gasteiger partial charge < -0.3 is 10.6 Å². The Morgan fingerprint density at radius 2 is 1.94 bits per heavy atom. The van der Waals surface area contributed by atoms with Crippen LogP contribution in [0.3, 0.4) is 0 Å². The maximum Gasteiger partial charge on any atom is 0.230 e. The monoisotopic (exact) mass is 238 g/mol. The zero-order valence-corrected chi connectivity index (χ0v) is 11.2. The van der Waals surface area contributed by atoms with Crippen molar-refractivity contribution in [1.29, 1.82) is 0 Å². The normalized spacial score (nSPS) is 32.8. The van der Waals surface area contributed by atoms with Gasteiger partial charge in [-0.1, -0.05) is 26.7 Å². The van der Waals surface area contributed by atoms with Crippen molar-refractivity contribution in [2.45, 2.75) is 46.0 Å². The first-order chi connectivity index (χ1) is 8.09. The summed E-state index contributed by atoms with van der Waals surface area (Å²) in [5, 5.41) is 0. The van der Waals surface area contributed by atoms with Crippen LogP contribution >= 0.6 is 0 Å². The summed E-state index contributed by atoms with van der Waals surface area (Å²) < 4.78 is 0. The molecule has 2 rings (SSSR count). The van der Waals surface area contributed by atoms with Crippen molar-refractivity contribution in [1.82, 2.24) is 4.90 Å². The third-order valence-electron chi connectivity index (χ3n) is 5.03. The van der Waals surface area contributed by atoms with Crippen molar-refractivity contribution in [3.05, 3.63) is 0 Å². The molecule has 1 aliphatic heterocycles. The fourth-order valence-electron chi connectivity index (χ4n) is 3.34. The van der Waals surface area contributed by atoms with Gasteiger partial charge in [0.1, 0.15) is 0 Å². The van der Waals surface area contributed by atoms with E-state index in [4.69, 9.17) is 5.73 Å². The molecule has 0 aromatic rings. The van der Waals surface area contributed by atoms with Crippen LogP contribution in [0.25, 0.3) is 0 Å². The van der Waals surface area contributed by atoms with Gasteiger partial charge >= 0.3 is 0 Å². The van der Waals surface area contributed by atoms with Crippen molar-refractivity contribution in [3.8, 4) is 0 Å². The van der Waals surface area contributed by atoms with Crippen LogP contribution in [-0.4, -0.2) is 30.4 Å². The van der Waals surface area contributed by atoms with Crippen LogP contribution in [0.2, 0.25) is 0 Å². The van der Waals surface area contributed by atoms with E-state index in [-0.39, 0.29) is 5.41 Å². The van der Waals surface area contributed by atoms with Gasteiger partial charge in [-0.25, -0.2) is 0 Å². The molecule has 98 valence electrons. The average molecular weight is 238 g/mol. The van der Waals surface area contributed by atoms with E-state index in [0.717, 1.165) is 38.3 Å². The van der Waals surface area contributed by atoms with Gasteiger partial charge in [-0.2, -0.15) is 0 Å². The molecule has 17 heavy (non-hydrogen) atoms. The molecule has 2 aliphatic rings. The number of nitrogens with zero attached hydrogens (tertiary/aromatic N) is 1. The van der Waals surface area contributed by atoms with E-state index in [1.54, 1.807) is 0 Å². The second kappa shape index (κ2) is 4.97. The highest BCUT2D eigenvalue weighted by Crippen LogP contribution is 2.39. The molecule has 1 saturated heterocycles. The Labute approximate surface area is 105 Å². The van der Waals surface area contributed by atoms with Crippen molar-refractivity contribution in [2.24, 2.45) is 23.0 Å². The quantitative estimate of drug-likeness (QED) is 0.800. The average Bonchev–Trinajstić information content (AvgIpc) is 2.81. The minimum Gasteiger partial charge on any atom is -0.342 e. The van der Waals surface area contributed by atoms with Gasteiger partial charge in [-0.05, 0) is 31.1 Å². The van der Waals surface area contributed by atoms with Crippen LogP contribution in [0.4, 0.5) is 0 Å². The van der Waals surface area contributed by atoms with Gasteiger partial charge in [0.2, 0.25) is 5.91 Å². The first kappa shape index (κ1) is 12.9. The largest absolute Gasteiger partial charge is 0.342 e. The molecule has 2 fully saturated rings. The molecule has 0 aromatic heterocycles. The summed E-state index contributed by atoms with van der Waals surface area (Å²) in [6.07, 6.45) is 5.49. The van der Waals surface area contributed by atoms with Crippen LogP contribution < -0.4 is 5.73 Å². The molecule has 1 heterocycles. The SMILES string of the molecule is CC1CCN(C(=O)C2(CN)CCCC2)CC1C. The van der Waals surface area contributed by atoms with E-state index in [1.807, 2.05) is 0 Å². The van der Waals surface area contributed by atoms with E-state index >= 15 is 0 Å². The van der Waals surface area contributed by atoms with Gasteiger partial charge in [0.05, 0.1) is 5.41 Å². The summed E-state index contributed by atoms with van der Waals surface area (Å²) >= 11 is 0. The molecule has 0 radical (unpaired) electrons. The summed E-state index contributed by atoms with van der Waals surface area (Å²) in [6.45, 7) is 6.95. The number of amides is 1. The predicted octanol–water partition coefficient (Wildman–Crippen LogP) is 2.01. The van der Waals surface area contributed by atoms with E-state index in [9.17, 15) is 4.79 Å². The predicted molar refractivity (Wildman–Crippen MR) is 69.5 cm³/mol. The minimum absolute atomic E-state index is 0.208. The van der Waals surface area contributed by atoms with Crippen LogP contribution in [0, 0.1) is 17.3 Å². The zero-order valence-electron chi connectivity index (χ0n) is 11.2. The third kappa shape index (κ3) is 2.35. The smallest absolute Gasteiger partial charge is 0.230 e. The Kier molecular flexibility index (Phi) is 3.76. The molecule has 2 unspecified atom stereocenters. The maximum absolute atomic E-state index is 12.7. The molecule has 1 saturated carbocycles. The molecule has 2 N–H and O–H groups in total. The van der Waals surface area contributed by atoms with Crippen molar-refractivity contribution in [2.75, 3.05) is 19.6 Å². The van der Waals surface area contributed by atoms with Crippen LogP contribution in [-0.2, 0) is 4.79 Å². The highest BCUT2D eigenvalue weighted by atomic mass is 16.2. The topological polar surface area (TPSA) is 46.3 Å². The summed E-state index contributed by atoms with van der Waals surface area (Å²) in [5.74, 6) is 1.72. The Hall–Kier alpha value is -0.570. The Morgan fingerprint density at radius 1 is 1.29 bits per heavy atom. The molecular weight excluding hydrogens is 212 g/mol. The molecule has 1 aliphatic carbocycles. The summed E-state index contributed by atoms with van der Waals surface area (Å²) in [7, 11) is 0. The highest BCUT2D eigenvalue weighted by molar-refractivity contribution is 5.83. The Morgan fingerprint density at radius 3 is 2.47 bits per heavy atom. The molecule has 3 heteroatoms. The lowest BCUT2D eigenvalue weighted by molar-refractivity contribution is -0.143. The number of rotatable bonds is 2. The summed E-state index contributed by atoms with van der Waals surface area (Å²) in [4.78, 5) is 14.7. The van der Waals surface area contributed by atoms with E-state index < -0.39 is 0 Å². The highest BCUT2D eigenvalue weighted by Gasteiger charge is 2.43. The lowest BCUT2D eigenvalue weighted by Gasteiger charge is -2.40. The number of hydrogen-bond donors (Lipinski definition) is 1. The standard InChI is InChI=1S/C14H26N2O/c1-11-5-8-16(9-12(11)2)13(17)14(10-15)6-3-4-7-14/h11-12H,3-10,15H2,1-2H3. The zero-order chi connectivity index (χ0) is 12.5. The first-order valence-electron chi connectivity index (χ1n) is 7.08.